The zero-order valence-electron chi connectivity index (χ0n) is 13.4. The van der Waals surface area contributed by atoms with Crippen molar-refractivity contribution < 1.29 is 4.79 Å². The Kier molecular flexibility index (Phi) is 5.78. The summed E-state index contributed by atoms with van der Waals surface area (Å²) >= 11 is 13.3. The van der Waals surface area contributed by atoms with Gasteiger partial charge < -0.3 is 5.32 Å². The molecule has 1 heterocycles. The summed E-state index contributed by atoms with van der Waals surface area (Å²) in [7, 11) is 0. The van der Waals surface area contributed by atoms with Gasteiger partial charge in [-0.05, 0) is 31.0 Å². The van der Waals surface area contributed by atoms with Crippen molar-refractivity contribution in [1.29, 1.82) is 0 Å². The van der Waals surface area contributed by atoms with Crippen LogP contribution in [0.4, 0.5) is 0 Å². The van der Waals surface area contributed by atoms with Gasteiger partial charge in [-0.3, -0.25) is 4.79 Å². The first-order valence-corrected chi connectivity index (χ1v) is 9.24. The summed E-state index contributed by atoms with van der Waals surface area (Å²) in [4.78, 5) is 12.1. The number of rotatable bonds is 4. The molecule has 1 fully saturated rings. The number of halogens is 2. The Morgan fingerprint density at radius 2 is 1.96 bits per heavy atom. The van der Waals surface area contributed by atoms with E-state index in [1.165, 1.54) is 23.5 Å². The minimum absolute atomic E-state index is 0.0518. The molecule has 1 unspecified atom stereocenters. The van der Waals surface area contributed by atoms with Gasteiger partial charge in [0.2, 0.25) is 5.91 Å². The molecule has 4 nitrogen and oxygen atoms in total. The lowest BCUT2D eigenvalue weighted by Crippen LogP contribution is -2.25. The number of carbonyl (C=O) groups is 1. The number of nitrogens with zero attached hydrogens (tertiary/aromatic N) is 2. The number of amides is 1. The summed E-state index contributed by atoms with van der Waals surface area (Å²) < 4.78 is 0. The minimum Gasteiger partial charge on any atom is -0.303 e. The third kappa shape index (κ3) is 4.84. The van der Waals surface area contributed by atoms with Crippen LogP contribution in [0.1, 0.15) is 16.7 Å². The van der Waals surface area contributed by atoms with Crippen molar-refractivity contribution in [2.45, 2.75) is 18.6 Å². The van der Waals surface area contributed by atoms with E-state index in [1.807, 2.05) is 31.2 Å². The molecule has 0 aliphatic carbocycles. The van der Waals surface area contributed by atoms with E-state index in [1.54, 1.807) is 18.2 Å². The average molecular weight is 392 g/mol. The van der Waals surface area contributed by atoms with Crippen molar-refractivity contribution in [3.05, 3.63) is 69.2 Å². The lowest BCUT2D eigenvalue weighted by atomic mass is 10.1. The fraction of sp³-hybridized carbons (Fsp3) is 0.167. The third-order valence-corrected chi connectivity index (χ3v) is 5.26. The number of thioether (sulfide) groups is 1. The van der Waals surface area contributed by atoms with Gasteiger partial charge in [-0.15, -0.1) is 5.10 Å². The quantitative estimate of drug-likeness (QED) is 0.617. The molecule has 2 aromatic rings. The number of aryl methyl sites for hydroxylation is 1. The summed E-state index contributed by atoms with van der Waals surface area (Å²) in [6, 6.07) is 13.3. The van der Waals surface area contributed by atoms with Gasteiger partial charge in [-0.25, -0.2) is 0 Å². The second-order valence-electron chi connectivity index (χ2n) is 5.60. The number of nitrogens with one attached hydrogen (secondary N) is 1. The number of hydrogen-bond acceptors (Lipinski definition) is 4. The highest BCUT2D eigenvalue weighted by molar-refractivity contribution is 8.15. The molecular weight excluding hydrogens is 377 g/mol. The zero-order valence-corrected chi connectivity index (χ0v) is 15.7. The van der Waals surface area contributed by atoms with E-state index in [2.05, 4.69) is 15.5 Å². The normalized spacial score (nSPS) is 18.9. The summed E-state index contributed by atoms with van der Waals surface area (Å²) in [5, 5.41) is 12.2. The molecule has 2 aromatic carbocycles. The first-order chi connectivity index (χ1) is 12.0. The highest BCUT2D eigenvalue weighted by atomic mass is 35.5. The number of hydrogen-bond donors (Lipinski definition) is 1. The molecular formula is C18H15Cl2N3OS. The molecule has 1 saturated heterocycles. The van der Waals surface area contributed by atoms with Crippen LogP contribution in [0.5, 0.6) is 0 Å². The first-order valence-electron chi connectivity index (χ1n) is 7.60. The van der Waals surface area contributed by atoms with Crippen molar-refractivity contribution >= 4 is 52.3 Å². The van der Waals surface area contributed by atoms with E-state index < -0.39 is 0 Å². The highest BCUT2D eigenvalue weighted by Crippen LogP contribution is 2.24. The van der Waals surface area contributed by atoms with Crippen molar-refractivity contribution in [1.82, 2.24) is 5.32 Å². The van der Waals surface area contributed by atoms with Crippen molar-refractivity contribution in [3.63, 3.8) is 0 Å². The van der Waals surface area contributed by atoms with Gasteiger partial charge in [0.25, 0.3) is 0 Å². The smallest absolute Gasteiger partial charge is 0.239 e. The highest BCUT2D eigenvalue weighted by Gasteiger charge is 2.30. The molecule has 1 aliphatic rings. The van der Waals surface area contributed by atoms with Crippen LogP contribution in [0.3, 0.4) is 0 Å². The summed E-state index contributed by atoms with van der Waals surface area (Å²) in [6.07, 6.45) is 2.19. The van der Waals surface area contributed by atoms with Crippen molar-refractivity contribution in [2.75, 3.05) is 0 Å². The standard InChI is InChI=1S/C18H15Cl2N3OS/c1-11-2-4-12(5-3-11)8-16-17(24)22-18(25-16)23-21-10-13-6-7-14(19)9-15(13)20/h2-7,9-10,16H,8H2,1H3,(H,22,23,24)/b21-10+. The summed E-state index contributed by atoms with van der Waals surface area (Å²) in [5.74, 6) is -0.0518. The number of benzene rings is 2. The molecule has 0 spiro atoms. The van der Waals surface area contributed by atoms with Gasteiger partial charge in [0, 0.05) is 10.6 Å². The molecule has 1 amide bonds. The summed E-state index contributed by atoms with van der Waals surface area (Å²) in [5.41, 5.74) is 3.03. The summed E-state index contributed by atoms with van der Waals surface area (Å²) in [6.45, 7) is 2.04. The number of amidine groups is 1. The Morgan fingerprint density at radius 3 is 2.68 bits per heavy atom. The van der Waals surface area contributed by atoms with E-state index in [4.69, 9.17) is 23.2 Å². The van der Waals surface area contributed by atoms with Gasteiger partial charge in [-0.1, -0.05) is 70.9 Å². The monoisotopic (exact) mass is 391 g/mol. The molecule has 0 bridgehead atoms. The molecule has 3 rings (SSSR count). The maximum Gasteiger partial charge on any atom is 0.239 e. The van der Waals surface area contributed by atoms with Gasteiger partial charge in [0.15, 0.2) is 5.17 Å². The minimum atomic E-state index is -0.198. The fourth-order valence-electron chi connectivity index (χ4n) is 2.27. The molecule has 0 aromatic heterocycles. The largest absolute Gasteiger partial charge is 0.303 e. The lowest BCUT2D eigenvalue weighted by Gasteiger charge is -2.05. The average Bonchev–Trinajstić information content (AvgIpc) is 2.91. The van der Waals surface area contributed by atoms with Gasteiger partial charge in [-0.2, -0.15) is 5.10 Å². The van der Waals surface area contributed by atoms with Crippen molar-refractivity contribution in [2.24, 2.45) is 10.2 Å². The van der Waals surface area contributed by atoms with Crippen LogP contribution in [-0.4, -0.2) is 22.5 Å². The molecule has 7 heteroatoms. The van der Waals surface area contributed by atoms with Crippen molar-refractivity contribution in [3.8, 4) is 0 Å². The Bertz CT molecular complexity index is 850. The van der Waals surface area contributed by atoms with Crippen LogP contribution in [0.2, 0.25) is 10.0 Å². The Hall–Kier alpha value is -1.82. The number of carbonyl (C=O) groups excluding carboxylic acids is 1. The van der Waals surface area contributed by atoms with Gasteiger partial charge >= 0.3 is 0 Å². The molecule has 25 heavy (non-hydrogen) atoms. The topological polar surface area (TPSA) is 53.8 Å². The van der Waals surface area contributed by atoms with Gasteiger partial charge in [0.1, 0.15) is 0 Å². The predicted molar refractivity (Wildman–Crippen MR) is 106 cm³/mol. The van der Waals surface area contributed by atoms with E-state index in [-0.39, 0.29) is 11.2 Å². The Morgan fingerprint density at radius 1 is 1.20 bits per heavy atom. The van der Waals surface area contributed by atoms with Crippen LogP contribution in [0.15, 0.2) is 52.7 Å². The van der Waals surface area contributed by atoms with E-state index >= 15 is 0 Å². The molecule has 0 saturated carbocycles. The second kappa shape index (κ2) is 8.04. The van der Waals surface area contributed by atoms with Crippen LogP contribution in [0, 0.1) is 6.92 Å². The van der Waals surface area contributed by atoms with E-state index in [0.29, 0.717) is 27.2 Å². The van der Waals surface area contributed by atoms with Gasteiger partial charge in [0.05, 0.1) is 16.5 Å². The Labute approximate surface area is 160 Å². The molecule has 128 valence electrons. The van der Waals surface area contributed by atoms with Crippen LogP contribution < -0.4 is 5.32 Å². The lowest BCUT2D eigenvalue weighted by molar-refractivity contribution is -0.118. The molecule has 0 radical (unpaired) electrons. The molecule has 1 N–H and O–H groups in total. The fourth-order valence-corrected chi connectivity index (χ4v) is 3.70. The zero-order chi connectivity index (χ0) is 17.8. The molecule has 1 atom stereocenters. The second-order valence-corrected chi connectivity index (χ2v) is 7.64. The van der Waals surface area contributed by atoms with Crippen LogP contribution >= 0.6 is 35.0 Å². The van der Waals surface area contributed by atoms with E-state index in [0.717, 1.165) is 5.56 Å². The maximum absolute atomic E-state index is 12.1. The van der Waals surface area contributed by atoms with E-state index in [9.17, 15) is 4.79 Å². The van der Waals surface area contributed by atoms with Crippen LogP contribution in [-0.2, 0) is 11.2 Å². The molecule has 1 aliphatic heterocycles. The SMILES string of the molecule is Cc1ccc(CC2S/C(=N/N=C/c3ccc(Cl)cc3Cl)NC2=O)cc1. The van der Waals surface area contributed by atoms with Crippen LogP contribution in [0.25, 0.3) is 0 Å². The third-order valence-electron chi connectivity index (χ3n) is 3.63. The predicted octanol–water partition coefficient (Wildman–Crippen LogP) is 4.47. The first kappa shape index (κ1) is 18.0. The Balaban J connectivity index is 1.64. The maximum atomic E-state index is 12.1.